The predicted octanol–water partition coefficient (Wildman–Crippen LogP) is 2.17. The molecule has 2 heterocycles. The molecule has 0 bridgehead atoms. The molecule has 0 fully saturated rings. The molecule has 0 spiro atoms. The Morgan fingerprint density at radius 2 is 2.30 bits per heavy atom. The van der Waals surface area contributed by atoms with Gasteiger partial charge >= 0.3 is 0 Å². The highest BCUT2D eigenvalue weighted by atomic mass is 16.1. The fourth-order valence-corrected chi connectivity index (χ4v) is 2.68. The molecule has 2 N–H and O–H groups in total. The summed E-state index contributed by atoms with van der Waals surface area (Å²) < 4.78 is 0. The van der Waals surface area contributed by atoms with Crippen LogP contribution in [0.1, 0.15) is 29.2 Å². The molecule has 0 aliphatic heterocycles. The first-order valence-electron chi connectivity index (χ1n) is 6.89. The molecule has 0 saturated carbocycles. The van der Waals surface area contributed by atoms with Gasteiger partial charge in [0.25, 0.3) is 0 Å². The van der Waals surface area contributed by atoms with E-state index in [9.17, 15) is 4.79 Å². The smallest absolute Gasteiger partial charge is 0.229 e. The number of anilines is 1. The molecule has 5 nitrogen and oxygen atoms in total. The molecule has 1 aliphatic rings. The molecule has 0 aromatic carbocycles. The average Bonchev–Trinajstić information content (AvgIpc) is 2.77. The zero-order valence-corrected chi connectivity index (χ0v) is 11.7. The summed E-state index contributed by atoms with van der Waals surface area (Å²) in [6.07, 6.45) is 4.14. The number of aromatic amines is 1. The number of nitrogens with one attached hydrogen (secondary N) is 2. The number of aromatic nitrogens is 3. The van der Waals surface area contributed by atoms with E-state index in [1.54, 1.807) is 6.20 Å². The Morgan fingerprint density at radius 3 is 3.10 bits per heavy atom. The molecule has 1 atom stereocenters. The van der Waals surface area contributed by atoms with E-state index >= 15 is 0 Å². The lowest BCUT2D eigenvalue weighted by molar-refractivity contribution is -0.120. The molecule has 2 aromatic rings. The number of hydrogen-bond donors (Lipinski definition) is 2. The minimum atomic E-state index is -0.00957. The lowest BCUT2D eigenvalue weighted by Crippen LogP contribution is -2.28. The second kappa shape index (κ2) is 5.07. The third-order valence-electron chi connectivity index (χ3n) is 3.70. The van der Waals surface area contributed by atoms with E-state index in [2.05, 4.69) is 20.3 Å². The van der Waals surface area contributed by atoms with Gasteiger partial charge in [-0.1, -0.05) is 0 Å². The predicted molar refractivity (Wildman–Crippen MR) is 76.4 cm³/mol. The van der Waals surface area contributed by atoms with Crippen LogP contribution in [-0.4, -0.2) is 20.9 Å². The van der Waals surface area contributed by atoms with E-state index in [1.165, 1.54) is 0 Å². The van der Waals surface area contributed by atoms with E-state index in [-0.39, 0.29) is 11.8 Å². The number of rotatable bonds is 2. The summed E-state index contributed by atoms with van der Waals surface area (Å²) in [6, 6.07) is 3.79. The fraction of sp³-hybridized carbons (Fsp3) is 0.400. The van der Waals surface area contributed by atoms with Crippen molar-refractivity contribution in [2.24, 2.45) is 5.92 Å². The van der Waals surface area contributed by atoms with Crippen molar-refractivity contribution in [2.45, 2.75) is 33.1 Å². The highest BCUT2D eigenvalue weighted by Gasteiger charge is 2.27. The number of imidazole rings is 1. The van der Waals surface area contributed by atoms with E-state index in [4.69, 9.17) is 0 Å². The van der Waals surface area contributed by atoms with E-state index in [1.807, 2.05) is 26.0 Å². The van der Waals surface area contributed by atoms with Crippen LogP contribution in [0.2, 0.25) is 0 Å². The van der Waals surface area contributed by atoms with Crippen LogP contribution in [0.25, 0.3) is 0 Å². The Hall–Kier alpha value is -2.17. The second-order valence-corrected chi connectivity index (χ2v) is 5.39. The van der Waals surface area contributed by atoms with Gasteiger partial charge in [-0.05, 0) is 44.4 Å². The summed E-state index contributed by atoms with van der Waals surface area (Å²) in [5, 5.41) is 2.91. The number of hydrogen-bond acceptors (Lipinski definition) is 3. The van der Waals surface area contributed by atoms with Gasteiger partial charge in [-0.25, -0.2) is 9.97 Å². The quantitative estimate of drug-likeness (QED) is 0.878. The summed E-state index contributed by atoms with van der Waals surface area (Å²) in [5.41, 5.74) is 3.30. The highest BCUT2D eigenvalue weighted by molar-refractivity contribution is 5.92. The second-order valence-electron chi connectivity index (χ2n) is 5.39. The molecular formula is C15H18N4O. The van der Waals surface area contributed by atoms with Gasteiger partial charge in [-0.3, -0.25) is 4.79 Å². The average molecular weight is 270 g/mol. The Morgan fingerprint density at radius 1 is 1.45 bits per heavy atom. The summed E-state index contributed by atoms with van der Waals surface area (Å²) in [6.45, 7) is 3.93. The van der Waals surface area contributed by atoms with Gasteiger partial charge in [-0.2, -0.15) is 0 Å². The Balaban J connectivity index is 1.70. The minimum absolute atomic E-state index is 0.00957. The van der Waals surface area contributed by atoms with Crippen LogP contribution in [0, 0.1) is 19.8 Å². The largest absolute Gasteiger partial charge is 0.346 e. The Kier molecular flexibility index (Phi) is 3.26. The van der Waals surface area contributed by atoms with Crippen LogP contribution < -0.4 is 5.32 Å². The molecule has 1 unspecified atom stereocenters. The van der Waals surface area contributed by atoms with Gasteiger partial charge in [0, 0.05) is 24.2 Å². The van der Waals surface area contributed by atoms with E-state index in [0.29, 0.717) is 5.82 Å². The molecule has 20 heavy (non-hydrogen) atoms. The summed E-state index contributed by atoms with van der Waals surface area (Å²) in [4.78, 5) is 24.2. The Bertz CT molecular complexity index is 647. The molecule has 104 valence electrons. The standard InChI is InChI=1S/C15H18N4O/c1-9-5-6-16-14(7-9)19-15(20)11-3-4-12-13(8-11)18-10(2)17-12/h5-7,11H,3-4,8H2,1-2H3,(H,17,18)(H,16,19,20). The molecule has 1 aliphatic carbocycles. The van der Waals surface area contributed by atoms with Gasteiger partial charge in [0.15, 0.2) is 0 Å². The van der Waals surface area contributed by atoms with Crippen molar-refractivity contribution in [1.82, 2.24) is 15.0 Å². The highest BCUT2D eigenvalue weighted by Crippen LogP contribution is 2.24. The molecule has 1 amide bonds. The number of aryl methyl sites for hydroxylation is 3. The van der Waals surface area contributed by atoms with Crippen molar-refractivity contribution in [3.63, 3.8) is 0 Å². The third-order valence-corrected chi connectivity index (χ3v) is 3.70. The van der Waals surface area contributed by atoms with Crippen LogP contribution >= 0.6 is 0 Å². The Labute approximate surface area is 117 Å². The van der Waals surface area contributed by atoms with Gasteiger partial charge in [0.2, 0.25) is 5.91 Å². The van der Waals surface area contributed by atoms with E-state index < -0.39 is 0 Å². The molecular weight excluding hydrogens is 252 g/mol. The third kappa shape index (κ3) is 2.57. The fourth-order valence-electron chi connectivity index (χ4n) is 2.68. The minimum Gasteiger partial charge on any atom is -0.346 e. The summed E-state index contributed by atoms with van der Waals surface area (Å²) >= 11 is 0. The van der Waals surface area contributed by atoms with Crippen LogP contribution in [0.3, 0.4) is 0 Å². The molecule has 2 aromatic heterocycles. The monoisotopic (exact) mass is 270 g/mol. The number of amides is 1. The van der Waals surface area contributed by atoms with Crippen molar-refractivity contribution in [2.75, 3.05) is 5.32 Å². The number of carbonyl (C=O) groups is 1. The molecule has 5 heteroatoms. The number of H-pyrrole nitrogens is 1. The van der Waals surface area contributed by atoms with Gasteiger partial charge < -0.3 is 10.3 Å². The van der Waals surface area contributed by atoms with Crippen LogP contribution in [0.4, 0.5) is 5.82 Å². The normalized spacial score (nSPS) is 17.6. The van der Waals surface area contributed by atoms with Gasteiger partial charge in [0.05, 0.1) is 5.69 Å². The van der Waals surface area contributed by atoms with Gasteiger partial charge in [0.1, 0.15) is 11.6 Å². The van der Waals surface area contributed by atoms with Crippen molar-refractivity contribution in [1.29, 1.82) is 0 Å². The van der Waals surface area contributed by atoms with Gasteiger partial charge in [-0.15, -0.1) is 0 Å². The molecule has 0 saturated heterocycles. The lowest BCUT2D eigenvalue weighted by atomic mass is 9.89. The van der Waals surface area contributed by atoms with Crippen LogP contribution in [-0.2, 0) is 17.6 Å². The first-order valence-corrected chi connectivity index (χ1v) is 6.89. The number of carbonyl (C=O) groups excluding carboxylic acids is 1. The number of pyridine rings is 1. The summed E-state index contributed by atoms with van der Waals surface area (Å²) in [5.74, 6) is 1.59. The zero-order chi connectivity index (χ0) is 14.1. The topological polar surface area (TPSA) is 70.7 Å². The van der Waals surface area contributed by atoms with Crippen molar-refractivity contribution in [3.05, 3.63) is 41.1 Å². The first kappa shape index (κ1) is 12.8. The number of nitrogens with zero attached hydrogens (tertiary/aromatic N) is 2. The number of fused-ring (bicyclic) bond motifs is 1. The zero-order valence-electron chi connectivity index (χ0n) is 11.7. The maximum Gasteiger partial charge on any atom is 0.229 e. The van der Waals surface area contributed by atoms with Crippen molar-refractivity contribution in [3.8, 4) is 0 Å². The molecule has 3 rings (SSSR count). The molecule has 0 radical (unpaired) electrons. The van der Waals surface area contributed by atoms with Crippen LogP contribution in [0.15, 0.2) is 18.3 Å². The van der Waals surface area contributed by atoms with E-state index in [0.717, 1.165) is 42.0 Å². The maximum absolute atomic E-state index is 12.3. The van der Waals surface area contributed by atoms with Crippen molar-refractivity contribution < 1.29 is 4.79 Å². The first-order chi connectivity index (χ1) is 9.61. The van der Waals surface area contributed by atoms with Crippen molar-refractivity contribution >= 4 is 11.7 Å². The maximum atomic E-state index is 12.3. The SMILES string of the molecule is Cc1ccnc(NC(=O)C2CCc3nc(C)[nH]c3C2)c1. The van der Waals surface area contributed by atoms with Crippen LogP contribution in [0.5, 0.6) is 0 Å². The summed E-state index contributed by atoms with van der Waals surface area (Å²) in [7, 11) is 0. The lowest BCUT2D eigenvalue weighted by Gasteiger charge is -2.20.